The van der Waals surface area contributed by atoms with E-state index in [2.05, 4.69) is 11.1 Å². The molecular formula is C24H24N2O3. The number of pyridine rings is 1. The minimum absolute atomic E-state index is 0.339. The molecule has 0 bridgehead atoms. The third kappa shape index (κ3) is 5.34. The molecule has 1 N–H and O–H groups in total. The lowest BCUT2D eigenvalue weighted by Gasteiger charge is -2.21. The van der Waals surface area contributed by atoms with E-state index in [0.717, 1.165) is 23.1 Å². The molecule has 1 aromatic heterocycles. The van der Waals surface area contributed by atoms with Crippen LogP contribution < -0.4 is 9.47 Å². The fraction of sp³-hybridized carbons (Fsp3) is 0.250. The number of ether oxygens (including phenoxy) is 2. The van der Waals surface area contributed by atoms with Gasteiger partial charge in [-0.2, -0.15) is 5.26 Å². The number of hydrogen-bond donors (Lipinski definition) is 1. The van der Waals surface area contributed by atoms with Crippen molar-refractivity contribution in [3.63, 3.8) is 0 Å². The van der Waals surface area contributed by atoms with Gasteiger partial charge in [-0.25, -0.2) is 0 Å². The lowest BCUT2D eigenvalue weighted by Crippen LogP contribution is -2.29. The molecule has 0 saturated heterocycles. The molecule has 3 rings (SSSR count). The van der Waals surface area contributed by atoms with E-state index in [1.54, 1.807) is 31.5 Å². The van der Waals surface area contributed by atoms with Crippen molar-refractivity contribution in [2.75, 3.05) is 7.11 Å². The predicted molar refractivity (Wildman–Crippen MR) is 112 cm³/mol. The zero-order valence-electron chi connectivity index (χ0n) is 16.6. The minimum Gasteiger partial charge on any atom is -0.496 e. The minimum atomic E-state index is -0.581. The Hall–Kier alpha value is -3.36. The molecule has 0 fully saturated rings. The molecule has 3 aromatic rings. The molecular weight excluding hydrogens is 364 g/mol. The van der Waals surface area contributed by atoms with Gasteiger partial charge in [0.2, 0.25) is 0 Å². The van der Waals surface area contributed by atoms with E-state index in [-0.39, 0.29) is 6.10 Å². The highest BCUT2D eigenvalue weighted by Gasteiger charge is 2.16. The van der Waals surface area contributed by atoms with E-state index in [1.807, 2.05) is 49.5 Å². The van der Waals surface area contributed by atoms with Gasteiger partial charge in [0.25, 0.3) is 0 Å². The maximum Gasteiger partial charge on any atom is 0.126 e. The summed E-state index contributed by atoms with van der Waals surface area (Å²) in [6, 6.07) is 18.9. The summed E-state index contributed by atoms with van der Waals surface area (Å²) in [5, 5.41) is 19.6. The molecule has 1 unspecified atom stereocenters. The van der Waals surface area contributed by atoms with Crippen LogP contribution in [0.15, 0.2) is 67.0 Å². The smallest absolute Gasteiger partial charge is 0.126 e. The Morgan fingerprint density at radius 1 is 1.14 bits per heavy atom. The molecule has 29 heavy (non-hydrogen) atoms. The van der Waals surface area contributed by atoms with Crippen molar-refractivity contribution in [1.82, 2.24) is 4.98 Å². The molecule has 2 atom stereocenters. The largest absolute Gasteiger partial charge is 0.496 e. The Morgan fingerprint density at radius 2 is 1.93 bits per heavy atom. The summed E-state index contributed by atoms with van der Waals surface area (Å²) >= 11 is 0. The van der Waals surface area contributed by atoms with Crippen LogP contribution in [0, 0.1) is 11.3 Å². The van der Waals surface area contributed by atoms with Gasteiger partial charge in [-0.1, -0.05) is 18.2 Å². The summed E-state index contributed by atoms with van der Waals surface area (Å²) < 4.78 is 11.3. The number of aryl methyl sites for hydroxylation is 1. The molecule has 2 aromatic carbocycles. The molecule has 1 heterocycles. The molecule has 148 valence electrons. The van der Waals surface area contributed by atoms with Crippen LogP contribution in [0.25, 0.3) is 11.1 Å². The number of aliphatic hydroxyl groups is 1. The third-order valence-electron chi connectivity index (χ3n) is 4.81. The molecule has 0 radical (unpaired) electrons. The Kier molecular flexibility index (Phi) is 6.83. The first-order valence-electron chi connectivity index (χ1n) is 9.53. The monoisotopic (exact) mass is 388 g/mol. The summed E-state index contributed by atoms with van der Waals surface area (Å²) in [6.45, 7) is 1.86. The van der Waals surface area contributed by atoms with Crippen LogP contribution in [0.5, 0.6) is 11.5 Å². The summed E-state index contributed by atoms with van der Waals surface area (Å²) in [4.78, 5) is 4.09. The summed E-state index contributed by atoms with van der Waals surface area (Å²) in [7, 11) is 1.61. The molecule has 0 saturated carbocycles. The van der Waals surface area contributed by atoms with Gasteiger partial charge in [-0.15, -0.1) is 0 Å². The van der Waals surface area contributed by atoms with Gasteiger partial charge in [0.15, 0.2) is 0 Å². The van der Waals surface area contributed by atoms with Crippen LogP contribution in [0.3, 0.4) is 0 Å². The first-order valence-corrected chi connectivity index (χ1v) is 9.53. The van der Waals surface area contributed by atoms with E-state index in [9.17, 15) is 5.11 Å². The van der Waals surface area contributed by atoms with Crippen molar-refractivity contribution in [3.05, 3.63) is 78.1 Å². The van der Waals surface area contributed by atoms with Crippen LogP contribution in [0.1, 0.15) is 24.5 Å². The van der Waals surface area contributed by atoms with Crippen molar-refractivity contribution in [2.45, 2.75) is 32.0 Å². The van der Waals surface area contributed by atoms with Crippen molar-refractivity contribution < 1.29 is 14.6 Å². The van der Waals surface area contributed by atoms with Crippen LogP contribution in [-0.4, -0.2) is 29.4 Å². The lowest BCUT2D eigenvalue weighted by atomic mass is 10.0. The van der Waals surface area contributed by atoms with Crippen molar-refractivity contribution in [2.24, 2.45) is 0 Å². The highest BCUT2D eigenvalue weighted by Crippen LogP contribution is 2.32. The number of benzene rings is 2. The molecule has 0 spiro atoms. The normalized spacial score (nSPS) is 12.6. The second-order valence-corrected chi connectivity index (χ2v) is 6.84. The topological polar surface area (TPSA) is 75.4 Å². The predicted octanol–water partition coefficient (Wildman–Crippen LogP) is 4.39. The number of rotatable bonds is 8. The average molecular weight is 388 g/mol. The molecule has 5 nitrogen and oxygen atoms in total. The van der Waals surface area contributed by atoms with E-state index < -0.39 is 6.10 Å². The van der Waals surface area contributed by atoms with E-state index in [0.29, 0.717) is 23.5 Å². The van der Waals surface area contributed by atoms with Crippen molar-refractivity contribution >= 4 is 0 Å². The maximum atomic E-state index is 10.4. The third-order valence-corrected chi connectivity index (χ3v) is 4.81. The fourth-order valence-corrected chi connectivity index (χ4v) is 3.10. The van der Waals surface area contributed by atoms with Gasteiger partial charge < -0.3 is 14.6 Å². The number of nitriles is 1. The number of nitrogens with zero attached hydrogens (tertiary/aromatic N) is 2. The summed E-state index contributed by atoms with van der Waals surface area (Å²) in [5.41, 5.74) is 3.45. The second kappa shape index (κ2) is 9.72. The number of methoxy groups -OCH3 is 1. The van der Waals surface area contributed by atoms with Crippen LogP contribution in [-0.2, 0) is 6.42 Å². The molecule has 0 aliphatic rings. The Balaban J connectivity index is 1.64. The number of hydrogen-bond acceptors (Lipinski definition) is 5. The number of aliphatic hydroxyl groups excluding tert-OH is 1. The summed E-state index contributed by atoms with van der Waals surface area (Å²) in [5.74, 6) is 1.38. The molecule has 5 heteroatoms. The van der Waals surface area contributed by atoms with Gasteiger partial charge in [0.1, 0.15) is 17.6 Å². The van der Waals surface area contributed by atoms with Gasteiger partial charge in [0.05, 0.1) is 24.8 Å². The van der Waals surface area contributed by atoms with E-state index in [4.69, 9.17) is 14.7 Å². The lowest BCUT2D eigenvalue weighted by molar-refractivity contribution is 0.0420. The summed E-state index contributed by atoms with van der Waals surface area (Å²) in [6.07, 6.45) is 3.98. The Morgan fingerprint density at radius 3 is 2.59 bits per heavy atom. The SMILES string of the molecule is COc1ccc(C#N)cc1-c1ccc(OC(C)[C@H](O)CCc2cccnc2)cc1. The first-order chi connectivity index (χ1) is 14.1. The van der Waals surface area contributed by atoms with Crippen molar-refractivity contribution in [1.29, 1.82) is 5.26 Å². The highest BCUT2D eigenvalue weighted by atomic mass is 16.5. The molecule has 0 aliphatic carbocycles. The van der Waals surface area contributed by atoms with Crippen LogP contribution >= 0.6 is 0 Å². The standard InChI is InChI=1S/C24H24N2O3/c1-17(23(27)11-5-18-4-3-13-26-16-18)29-21-9-7-20(8-10-21)22-14-19(15-25)6-12-24(22)28-2/h3-4,6-10,12-14,16-17,23,27H,5,11H2,1-2H3/t17?,23-/m1/s1. The van der Waals surface area contributed by atoms with Gasteiger partial charge >= 0.3 is 0 Å². The van der Waals surface area contributed by atoms with Gasteiger partial charge in [0, 0.05) is 18.0 Å². The first kappa shape index (κ1) is 20.4. The highest BCUT2D eigenvalue weighted by molar-refractivity contribution is 5.72. The van der Waals surface area contributed by atoms with Crippen LogP contribution in [0.4, 0.5) is 0 Å². The Bertz CT molecular complexity index is 966. The van der Waals surface area contributed by atoms with Gasteiger partial charge in [-0.3, -0.25) is 4.98 Å². The van der Waals surface area contributed by atoms with Crippen LogP contribution in [0.2, 0.25) is 0 Å². The van der Waals surface area contributed by atoms with E-state index in [1.165, 1.54) is 0 Å². The quantitative estimate of drug-likeness (QED) is 0.619. The fourth-order valence-electron chi connectivity index (χ4n) is 3.10. The van der Waals surface area contributed by atoms with Gasteiger partial charge in [-0.05, 0) is 67.3 Å². The maximum absolute atomic E-state index is 10.4. The second-order valence-electron chi connectivity index (χ2n) is 6.84. The molecule has 0 amide bonds. The average Bonchev–Trinajstić information content (AvgIpc) is 2.78. The van der Waals surface area contributed by atoms with Crippen molar-refractivity contribution in [3.8, 4) is 28.7 Å². The zero-order valence-corrected chi connectivity index (χ0v) is 16.6. The zero-order chi connectivity index (χ0) is 20.6. The Labute approximate surface area is 171 Å². The number of aromatic nitrogens is 1. The van der Waals surface area contributed by atoms with E-state index >= 15 is 0 Å². The molecule has 0 aliphatic heterocycles.